The first kappa shape index (κ1) is 19.0. The smallest absolute Gasteiger partial charge is 0.265 e. The second kappa shape index (κ2) is 7.93. The van der Waals surface area contributed by atoms with Gasteiger partial charge < -0.3 is 15.0 Å². The molecule has 3 aromatic carbocycles. The molecule has 2 amide bonds. The normalized spacial score (nSPS) is 12.9. The monoisotopic (exact) mass is 410 g/mol. The summed E-state index contributed by atoms with van der Waals surface area (Å²) in [6, 6.07) is 17.8. The first-order valence-electron chi connectivity index (χ1n) is 8.89. The van der Waals surface area contributed by atoms with Crippen LogP contribution in [0, 0.1) is 5.82 Å². The fourth-order valence-electron chi connectivity index (χ4n) is 3.07. The van der Waals surface area contributed by atoms with Crippen LogP contribution in [0.5, 0.6) is 5.75 Å². The van der Waals surface area contributed by atoms with Crippen molar-refractivity contribution in [2.45, 2.75) is 6.54 Å². The summed E-state index contributed by atoms with van der Waals surface area (Å²) in [4.78, 5) is 26.4. The molecule has 0 fully saturated rings. The highest BCUT2D eigenvalue weighted by Crippen LogP contribution is 2.35. The van der Waals surface area contributed by atoms with Gasteiger partial charge in [0, 0.05) is 11.8 Å². The van der Waals surface area contributed by atoms with Gasteiger partial charge in [0.25, 0.3) is 11.8 Å². The average Bonchev–Trinajstić information content (AvgIpc) is 2.72. The van der Waals surface area contributed by atoms with E-state index < -0.39 is 0 Å². The zero-order valence-electron chi connectivity index (χ0n) is 15.2. The molecule has 146 valence electrons. The number of fused-ring (bicyclic) bond motifs is 1. The molecule has 7 heteroatoms. The third-order valence-corrected chi connectivity index (χ3v) is 4.86. The summed E-state index contributed by atoms with van der Waals surface area (Å²) in [6.07, 6.45) is 0. The topological polar surface area (TPSA) is 58.6 Å². The van der Waals surface area contributed by atoms with Gasteiger partial charge in [-0.25, -0.2) is 4.39 Å². The van der Waals surface area contributed by atoms with E-state index in [1.807, 2.05) is 0 Å². The van der Waals surface area contributed by atoms with E-state index in [1.54, 1.807) is 59.5 Å². The van der Waals surface area contributed by atoms with E-state index in [0.717, 1.165) is 5.56 Å². The lowest BCUT2D eigenvalue weighted by atomic mass is 10.1. The molecule has 29 heavy (non-hydrogen) atoms. The van der Waals surface area contributed by atoms with Crippen LogP contribution >= 0.6 is 11.6 Å². The number of rotatable bonds is 4. The number of ether oxygens (including phenoxy) is 1. The van der Waals surface area contributed by atoms with Crippen LogP contribution in [0.4, 0.5) is 15.8 Å². The van der Waals surface area contributed by atoms with Crippen LogP contribution in [0.15, 0.2) is 66.7 Å². The Morgan fingerprint density at radius 2 is 1.86 bits per heavy atom. The van der Waals surface area contributed by atoms with Gasteiger partial charge in [-0.2, -0.15) is 0 Å². The summed E-state index contributed by atoms with van der Waals surface area (Å²) >= 11 is 6.07. The predicted molar refractivity (Wildman–Crippen MR) is 109 cm³/mol. The van der Waals surface area contributed by atoms with Crippen molar-refractivity contribution in [2.24, 2.45) is 0 Å². The highest BCUT2D eigenvalue weighted by atomic mass is 35.5. The zero-order valence-corrected chi connectivity index (χ0v) is 15.9. The fourth-order valence-corrected chi connectivity index (χ4v) is 3.29. The lowest BCUT2D eigenvalue weighted by Crippen LogP contribution is -2.38. The Morgan fingerprint density at radius 1 is 1.10 bits per heavy atom. The predicted octanol–water partition coefficient (Wildman–Crippen LogP) is 4.66. The molecule has 0 saturated carbocycles. The number of amides is 2. The molecule has 0 atom stereocenters. The second-order valence-corrected chi connectivity index (χ2v) is 6.92. The minimum Gasteiger partial charge on any atom is -0.481 e. The molecule has 0 radical (unpaired) electrons. The van der Waals surface area contributed by atoms with Gasteiger partial charge in [-0.05, 0) is 42.0 Å². The van der Waals surface area contributed by atoms with Gasteiger partial charge in [0.1, 0.15) is 11.6 Å². The Balaban J connectivity index is 1.56. The third-order valence-electron chi connectivity index (χ3n) is 4.53. The van der Waals surface area contributed by atoms with Gasteiger partial charge in [0.15, 0.2) is 6.61 Å². The molecule has 1 heterocycles. The number of nitrogens with one attached hydrogen (secondary N) is 1. The average molecular weight is 411 g/mol. The van der Waals surface area contributed by atoms with E-state index in [0.29, 0.717) is 34.3 Å². The maximum atomic E-state index is 13.1. The maximum Gasteiger partial charge on any atom is 0.265 e. The Hall–Kier alpha value is -3.38. The Kier molecular flexibility index (Phi) is 5.18. The molecular weight excluding hydrogens is 395 g/mol. The van der Waals surface area contributed by atoms with E-state index in [4.69, 9.17) is 16.3 Å². The van der Waals surface area contributed by atoms with E-state index in [2.05, 4.69) is 5.32 Å². The van der Waals surface area contributed by atoms with Crippen LogP contribution in [-0.4, -0.2) is 18.4 Å². The number of carbonyl (C=O) groups is 2. The summed E-state index contributed by atoms with van der Waals surface area (Å²) < 4.78 is 18.7. The van der Waals surface area contributed by atoms with Gasteiger partial charge in [0.2, 0.25) is 0 Å². The van der Waals surface area contributed by atoms with E-state index in [9.17, 15) is 14.0 Å². The summed E-state index contributed by atoms with van der Waals surface area (Å²) in [6.45, 7) is 0.177. The van der Waals surface area contributed by atoms with Crippen molar-refractivity contribution in [3.05, 3.63) is 88.7 Å². The highest BCUT2D eigenvalue weighted by Gasteiger charge is 2.26. The fraction of sp³-hybridized carbons (Fsp3) is 0.0909. The number of carbonyl (C=O) groups excluding carboxylic acids is 2. The number of anilines is 2. The molecular formula is C22H16ClFN2O3. The maximum absolute atomic E-state index is 13.1. The lowest BCUT2D eigenvalue weighted by Gasteiger charge is -2.29. The van der Waals surface area contributed by atoms with Crippen LogP contribution in [0.3, 0.4) is 0 Å². The Labute approximate surface area is 171 Å². The van der Waals surface area contributed by atoms with Crippen LogP contribution in [0.1, 0.15) is 15.9 Å². The van der Waals surface area contributed by atoms with Crippen molar-refractivity contribution in [1.82, 2.24) is 0 Å². The van der Waals surface area contributed by atoms with Gasteiger partial charge in [-0.15, -0.1) is 0 Å². The van der Waals surface area contributed by atoms with Crippen LogP contribution in [-0.2, 0) is 11.3 Å². The van der Waals surface area contributed by atoms with Crippen LogP contribution in [0.25, 0.3) is 0 Å². The number of benzene rings is 3. The summed E-state index contributed by atoms with van der Waals surface area (Å²) in [5.74, 6) is -0.398. The largest absolute Gasteiger partial charge is 0.481 e. The number of nitrogens with zero attached hydrogens (tertiary/aromatic N) is 1. The first-order valence-corrected chi connectivity index (χ1v) is 9.26. The third kappa shape index (κ3) is 4.07. The molecule has 0 spiro atoms. The minimum absolute atomic E-state index is 0.115. The molecule has 1 N–H and O–H groups in total. The molecule has 0 aliphatic carbocycles. The molecule has 5 nitrogen and oxygen atoms in total. The van der Waals surface area contributed by atoms with Gasteiger partial charge in [-0.3, -0.25) is 9.59 Å². The zero-order chi connectivity index (χ0) is 20.4. The first-order chi connectivity index (χ1) is 14.0. The molecule has 0 saturated heterocycles. The van der Waals surface area contributed by atoms with Crippen LogP contribution in [0.2, 0.25) is 5.02 Å². The summed E-state index contributed by atoms with van der Waals surface area (Å²) in [7, 11) is 0. The van der Waals surface area contributed by atoms with Crippen LogP contribution < -0.4 is 15.0 Å². The van der Waals surface area contributed by atoms with Gasteiger partial charge >= 0.3 is 0 Å². The number of hydrogen-bond acceptors (Lipinski definition) is 3. The molecule has 0 unspecified atom stereocenters. The second-order valence-electron chi connectivity index (χ2n) is 6.51. The van der Waals surface area contributed by atoms with Crippen molar-refractivity contribution < 1.29 is 18.7 Å². The summed E-state index contributed by atoms with van der Waals surface area (Å²) in [5, 5.41) is 3.14. The van der Waals surface area contributed by atoms with E-state index in [-0.39, 0.29) is 24.2 Å². The molecule has 1 aliphatic heterocycles. The minimum atomic E-state index is -0.342. The number of hydrogen-bond donors (Lipinski definition) is 1. The van der Waals surface area contributed by atoms with Crippen molar-refractivity contribution in [1.29, 1.82) is 0 Å². The van der Waals surface area contributed by atoms with E-state index >= 15 is 0 Å². The SMILES string of the molecule is O=C(Nc1ccc2c(c1)OCC(=O)N2Cc1ccc(F)cc1)c1ccccc1Cl. The number of halogens is 2. The molecule has 0 aromatic heterocycles. The Morgan fingerprint density at radius 3 is 2.62 bits per heavy atom. The van der Waals surface area contributed by atoms with Crippen molar-refractivity contribution in [3.8, 4) is 5.75 Å². The molecule has 3 aromatic rings. The molecule has 4 rings (SSSR count). The van der Waals surface area contributed by atoms with Gasteiger partial charge in [0.05, 0.1) is 22.8 Å². The summed E-state index contributed by atoms with van der Waals surface area (Å²) in [5.41, 5.74) is 2.26. The van der Waals surface area contributed by atoms with E-state index in [1.165, 1.54) is 12.1 Å². The Bertz CT molecular complexity index is 1090. The van der Waals surface area contributed by atoms with Crippen molar-refractivity contribution in [3.63, 3.8) is 0 Å². The quantitative estimate of drug-likeness (QED) is 0.680. The molecule has 0 bridgehead atoms. The highest BCUT2D eigenvalue weighted by molar-refractivity contribution is 6.34. The standard InChI is InChI=1S/C22H16ClFN2O3/c23-18-4-2-1-3-17(18)22(28)25-16-9-10-19-20(11-16)29-13-21(27)26(19)12-14-5-7-15(24)8-6-14/h1-11H,12-13H2,(H,25,28). The van der Waals surface area contributed by atoms with Gasteiger partial charge in [-0.1, -0.05) is 35.9 Å². The van der Waals surface area contributed by atoms with Crippen molar-refractivity contribution in [2.75, 3.05) is 16.8 Å². The molecule has 1 aliphatic rings. The van der Waals surface area contributed by atoms with Crippen molar-refractivity contribution >= 4 is 34.8 Å². The lowest BCUT2D eigenvalue weighted by molar-refractivity contribution is -0.121.